The van der Waals surface area contributed by atoms with Crippen LogP contribution in [0.1, 0.15) is 54.3 Å². The second-order valence-electron chi connectivity index (χ2n) is 10.9. The molecule has 5 rings (SSSR count). The minimum atomic E-state index is 0.119. The summed E-state index contributed by atoms with van der Waals surface area (Å²) in [7, 11) is 1.96. The molecule has 4 heteroatoms. The third-order valence-electron chi connectivity index (χ3n) is 7.27. The lowest BCUT2D eigenvalue weighted by molar-refractivity contribution is 0.589. The topological polar surface area (TPSA) is 33.1 Å². The van der Waals surface area contributed by atoms with Crippen molar-refractivity contribution in [1.82, 2.24) is 9.78 Å². The van der Waals surface area contributed by atoms with Crippen LogP contribution in [0.2, 0.25) is 0 Å². The predicted octanol–water partition coefficient (Wildman–Crippen LogP) is 7.32. The molecule has 0 unspecified atom stereocenters. The Morgan fingerprint density at radius 2 is 1.51 bits per heavy atom. The fourth-order valence-corrected chi connectivity index (χ4v) is 5.20. The van der Waals surface area contributed by atoms with Crippen molar-refractivity contribution in [3.05, 3.63) is 94.2 Å². The molecule has 35 heavy (non-hydrogen) atoms. The number of nitrogens with one attached hydrogen (secondary N) is 1. The average Bonchev–Trinajstić information content (AvgIpc) is 3.36. The summed E-state index contributed by atoms with van der Waals surface area (Å²) in [5, 5.41) is 8.48. The molecule has 0 atom stereocenters. The van der Waals surface area contributed by atoms with Gasteiger partial charge in [0.15, 0.2) is 0 Å². The van der Waals surface area contributed by atoms with Crippen molar-refractivity contribution in [3.63, 3.8) is 0 Å². The summed E-state index contributed by atoms with van der Waals surface area (Å²) < 4.78 is 2.19. The second kappa shape index (κ2) is 8.60. The Labute approximate surface area is 209 Å². The van der Waals surface area contributed by atoms with E-state index in [1.807, 2.05) is 7.05 Å². The number of rotatable bonds is 4. The average molecular weight is 465 g/mol. The van der Waals surface area contributed by atoms with Gasteiger partial charge >= 0.3 is 0 Å². The Morgan fingerprint density at radius 1 is 0.829 bits per heavy atom. The molecule has 0 spiro atoms. The normalized spacial score (nSPS) is 13.3. The summed E-state index contributed by atoms with van der Waals surface area (Å²) in [5.74, 6) is 0. The molecule has 0 amide bonds. The fourth-order valence-electron chi connectivity index (χ4n) is 5.20. The van der Waals surface area contributed by atoms with E-state index < -0.39 is 0 Å². The molecule has 0 bridgehead atoms. The number of hydrogen-bond acceptors (Lipinski definition) is 3. The van der Waals surface area contributed by atoms with E-state index in [-0.39, 0.29) is 5.41 Å². The first kappa shape index (κ1) is 23.2. The molecule has 0 aliphatic carbocycles. The van der Waals surface area contributed by atoms with E-state index in [0.717, 1.165) is 18.8 Å². The highest BCUT2D eigenvalue weighted by Gasteiger charge is 2.30. The van der Waals surface area contributed by atoms with Crippen LogP contribution in [0.5, 0.6) is 0 Å². The maximum absolute atomic E-state index is 5.24. The monoisotopic (exact) mass is 464 g/mol. The van der Waals surface area contributed by atoms with E-state index in [2.05, 4.69) is 117 Å². The maximum atomic E-state index is 5.24. The van der Waals surface area contributed by atoms with Crippen LogP contribution < -0.4 is 10.2 Å². The van der Waals surface area contributed by atoms with Gasteiger partial charge < -0.3 is 10.2 Å². The number of hydrogen-bond donors (Lipinski definition) is 1. The number of fused-ring (bicyclic) bond motifs is 1. The van der Waals surface area contributed by atoms with Gasteiger partial charge in [0, 0.05) is 36.1 Å². The molecule has 1 aromatic heterocycles. The van der Waals surface area contributed by atoms with Crippen LogP contribution in [0.3, 0.4) is 0 Å². The minimum absolute atomic E-state index is 0.119. The molecule has 4 nitrogen and oxygen atoms in total. The van der Waals surface area contributed by atoms with Crippen molar-refractivity contribution in [2.45, 2.75) is 60.0 Å². The largest absolute Gasteiger partial charge is 0.388 e. The number of benzene rings is 3. The van der Waals surface area contributed by atoms with Gasteiger partial charge in [-0.2, -0.15) is 5.10 Å². The lowest BCUT2D eigenvalue weighted by atomic mass is 9.86. The summed E-state index contributed by atoms with van der Waals surface area (Å²) in [6.07, 6.45) is 0. The zero-order chi connectivity index (χ0) is 24.9. The first-order valence-corrected chi connectivity index (χ1v) is 12.5. The molecule has 0 saturated heterocycles. The van der Waals surface area contributed by atoms with Crippen LogP contribution in [0.4, 0.5) is 11.4 Å². The van der Waals surface area contributed by atoms with Crippen LogP contribution >= 0.6 is 0 Å². The van der Waals surface area contributed by atoms with Gasteiger partial charge in [-0.1, -0.05) is 63.2 Å². The molecule has 2 heterocycles. The molecule has 3 aromatic carbocycles. The van der Waals surface area contributed by atoms with Gasteiger partial charge in [0.05, 0.1) is 23.6 Å². The standard InChI is InChI=1S/C31H36N4/c1-20-11-14-24(31(4,5)6)17-28(20)34-18-26-27(19-34)33-35(29-21(2)9-8-10-22(29)3)30(26)23-12-15-25(32-7)16-13-23/h8-17,32H,18-19H2,1-7H3. The Hall–Kier alpha value is -3.53. The molecule has 1 N–H and O–H groups in total. The molecule has 1 aliphatic rings. The van der Waals surface area contributed by atoms with Gasteiger partial charge in [-0.3, -0.25) is 0 Å². The summed E-state index contributed by atoms with van der Waals surface area (Å²) in [6, 6.07) is 22.1. The first-order valence-electron chi connectivity index (χ1n) is 12.5. The SMILES string of the molecule is CNc1ccc(-c2c3c(nn2-c2c(C)cccc2C)CN(c2cc(C(C)(C)C)ccc2C)C3)cc1. The Morgan fingerprint density at radius 3 is 2.14 bits per heavy atom. The molecule has 0 radical (unpaired) electrons. The third kappa shape index (κ3) is 4.12. The highest BCUT2D eigenvalue weighted by molar-refractivity contribution is 5.72. The number of aryl methyl sites for hydroxylation is 3. The van der Waals surface area contributed by atoms with Gasteiger partial charge in [0.1, 0.15) is 0 Å². The Kier molecular flexibility index (Phi) is 5.71. The lowest BCUT2D eigenvalue weighted by Gasteiger charge is -2.26. The number of aromatic nitrogens is 2. The summed E-state index contributed by atoms with van der Waals surface area (Å²) in [4.78, 5) is 2.49. The molecule has 0 saturated carbocycles. The van der Waals surface area contributed by atoms with Crippen molar-refractivity contribution < 1.29 is 0 Å². The fraction of sp³-hybridized carbons (Fsp3) is 0.323. The number of para-hydroxylation sites is 1. The first-order chi connectivity index (χ1) is 16.7. The Bertz CT molecular complexity index is 1370. The molecule has 180 valence electrons. The minimum Gasteiger partial charge on any atom is -0.388 e. The van der Waals surface area contributed by atoms with E-state index >= 15 is 0 Å². The number of anilines is 2. The van der Waals surface area contributed by atoms with Gasteiger partial charge in [-0.25, -0.2) is 4.68 Å². The zero-order valence-electron chi connectivity index (χ0n) is 22.0. The van der Waals surface area contributed by atoms with E-state index in [0.29, 0.717) is 0 Å². The van der Waals surface area contributed by atoms with Crippen LogP contribution in [-0.2, 0) is 18.5 Å². The van der Waals surface area contributed by atoms with Crippen LogP contribution in [0.25, 0.3) is 16.9 Å². The molecule has 4 aromatic rings. The van der Waals surface area contributed by atoms with Crippen molar-refractivity contribution in [3.8, 4) is 16.9 Å². The molecule has 1 aliphatic heterocycles. The smallest absolute Gasteiger partial charge is 0.0878 e. The van der Waals surface area contributed by atoms with Gasteiger partial charge in [-0.15, -0.1) is 0 Å². The van der Waals surface area contributed by atoms with Crippen LogP contribution in [-0.4, -0.2) is 16.8 Å². The van der Waals surface area contributed by atoms with Gasteiger partial charge in [0.25, 0.3) is 0 Å². The second-order valence-corrected chi connectivity index (χ2v) is 10.9. The molecular formula is C31H36N4. The Balaban J connectivity index is 1.64. The third-order valence-corrected chi connectivity index (χ3v) is 7.27. The van der Waals surface area contributed by atoms with E-state index in [1.54, 1.807) is 0 Å². The van der Waals surface area contributed by atoms with Crippen molar-refractivity contribution >= 4 is 11.4 Å². The molecular weight excluding hydrogens is 428 g/mol. The van der Waals surface area contributed by atoms with E-state index in [1.165, 1.54) is 56.1 Å². The van der Waals surface area contributed by atoms with Crippen LogP contribution in [0, 0.1) is 20.8 Å². The molecule has 0 fully saturated rings. The van der Waals surface area contributed by atoms with Crippen LogP contribution in [0.15, 0.2) is 60.7 Å². The van der Waals surface area contributed by atoms with Crippen molar-refractivity contribution in [2.75, 3.05) is 17.3 Å². The van der Waals surface area contributed by atoms with Gasteiger partial charge in [-0.05, 0) is 66.6 Å². The summed E-state index contributed by atoms with van der Waals surface area (Å²) >= 11 is 0. The highest BCUT2D eigenvalue weighted by Crippen LogP contribution is 2.39. The lowest BCUT2D eigenvalue weighted by Crippen LogP contribution is -2.19. The van der Waals surface area contributed by atoms with Crippen molar-refractivity contribution in [2.24, 2.45) is 0 Å². The maximum Gasteiger partial charge on any atom is 0.0878 e. The van der Waals surface area contributed by atoms with Gasteiger partial charge in [0.2, 0.25) is 0 Å². The highest BCUT2D eigenvalue weighted by atomic mass is 15.3. The summed E-state index contributed by atoms with van der Waals surface area (Å²) in [5.41, 5.74) is 13.8. The van der Waals surface area contributed by atoms with E-state index in [9.17, 15) is 0 Å². The number of nitrogens with zero attached hydrogens (tertiary/aromatic N) is 3. The van der Waals surface area contributed by atoms with Crippen molar-refractivity contribution in [1.29, 1.82) is 0 Å². The quantitative estimate of drug-likeness (QED) is 0.343. The predicted molar refractivity (Wildman–Crippen MR) is 148 cm³/mol. The van der Waals surface area contributed by atoms with E-state index in [4.69, 9.17) is 5.10 Å². The summed E-state index contributed by atoms with van der Waals surface area (Å²) in [6.45, 7) is 15.1. The zero-order valence-corrected chi connectivity index (χ0v) is 22.0.